The average molecular weight is 305 g/mol. The zero-order valence-electron chi connectivity index (χ0n) is 12.6. The van der Waals surface area contributed by atoms with Gasteiger partial charge in [0.15, 0.2) is 0 Å². The van der Waals surface area contributed by atoms with Crippen LogP contribution in [0.5, 0.6) is 11.6 Å². The predicted molar refractivity (Wildman–Crippen MR) is 87.7 cm³/mol. The van der Waals surface area contributed by atoms with Gasteiger partial charge >= 0.3 is 0 Å². The summed E-state index contributed by atoms with van der Waals surface area (Å²) in [5, 5.41) is 0. The van der Waals surface area contributed by atoms with Crippen molar-refractivity contribution in [2.45, 2.75) is 0 Å². The summed E-state index contributed by atoms with van der Waals surface area (Å²) in [6.07, 6.45) is 4.88. The lowest BCUT2D eigenvalue weighted by Crippen LogP contribution is -2.26. The van der Waals surface area contributed by atoms with Gasteiger partial charge in [0.25, 0.3) is 5.91 Å². The number of nitrogens with zero attached hydrogens (tertiary/aromatic N) is 3. The molecule has 0 N–H and O–H groups in total. The molecule has 0 saturated heterocycles. The van der Waals surface area contributed by atoms with Crippen molar-refractivity contribution in [2.24, 2.45) is 0 Å². The van der Waals surface area contributed by atoms with Gasteiger partial charge in [0.05, 0.1) is 0 Å². The third-order valence-electron chi connectivity index (χ3n) is 3.32. The van der Waals surface area contributed by atoms with Gasteiger partial charge in [-0.15, -0.1) is 0 Å². The van der Waals surface area contributed by atoms with E-state index in [9.17, 15) is 4.79 Å². The van der Waals surface area contributed by atoms with Crippen molar-refractivity contribution in [3.8, 4) is 11.6 Å². The number of rotatable bonds is 4. The number of pyridine rings is 2. The molecular formula is C18H15N3O2. The highest BCUT2D eigenvalue weighted by Crippen LogP contribution is 2.23. The van der Waals surface area contributed by atoms with Gasteiger partial charge < -0.3 is 9.64 Å². The van der Waals surface area contributed by atoms with E-state index in [0.29, 0.717) is 17.2 Å². The van der Waals surface area contributed by atoms with Crippen molar-refractivity contribution in [1.82, 2.24) is 9.97 Å². The van der Waals surface area contributed by atoms with Gasteiger partial charge in [-0.25, -0.2) is 4.98 Å². The smallest absolute Gasteiger partial charge is 0.258 e. The molecule has 23 heavy (non-hydrogen) atoms. The molecule has 2 heterocycles. The molecular weight excluding hydrogens is 290 g/mol. The quantitative estimate of drug-likeness (QED) is 0.739. The first-order valence-electron chi connectivity index (χ1n) is 7.11. The molecule has 114 valence electrons. The summed E-state index contributed by atoms with van der Waals surface area (Å²) in [5.74, 6) is 1.10. The van der Waals surface area contributed by atoms with Crippen LogP contribution in [-0.2, 0) is 0 Å². The van der Waals surface area contributed by atoms with Crippen LogP contribution in [0.4, 0.5) is 5.69 Å². The lowest BCUT2D eigenvalue weighted by molar-refractivity contribution is 0.0993. The van der Waals surface area contributed by atoms with Crippen LogP contribution in [-0.4, -0.2) is 22.9 Å². The fourth-order valence-corrected chi connectivity index (χ4v) is 2.07. The van der Waals surface area contributed by atoms with Crippen molar-refractivity contribution in [1.29, 1.82) is 0 Å². The van der Waals surface area contributed by atoms with Crippen LogP contribution in [0.25, 0.3) is 0 Å². The maximum atomic E-state index is 12.4. The minimum absolute atomic E-state index is 0.0919. The molecule has 5 nitrogen and oxygen atoms in total. The van der Waals surface area contributed by atoms with Crippen LogP contribution in [0.15, 0.2) is 73.2 Å². The molecule has 1 amide bonds. The van der Waals surface area contributed by atoms with Crippen LogP contribution < -0.4 is 9.64 Å². The summed E-state index contributed by atoms with van der Waals surface area (Å²) in [6.45, 7) is 0. The number of benzene rings is 1. The molecule has 0 radical (unpaired) electrons. The molecule has 0 saturated carbocycles. The summed E-state index contributed by atoms with van der Waals surface area (Å²) < 4.78 is 5.64. The standard InChI is InChI=1S/C18H15N3O2/c1-21(18(22)14-9-12-19-13-10-14)15-5-7-16(8-6-15)23-17-4-2-3-11-20-17/h2-13H,1H3. The Hall–Kier alpha value is -3.21. The number of hydrogen-bond acceptors (Lipinski definition) is 4. The molecule has 0 bridgehead atoms. The van der Waals surface area contributed by atoms with E-state index in [-0.39, 0.29) is 5.91 Å². The normalized spacial score (nSPS) is 10.1. The maximum absolute atomic E-state index is 12.4. The molecule has 0 spiro atoms. The number of ether oxygens (including phenoxy) is 1. The average Bonchev–Trinajstić information content (AvgIpc) is 2.63. The minimum Gasteiger partial charge on any atom is -0.439 e. The van der Waals surface area contributed by atoms with Gasteiger partial charge in [-0.3, -0.25) is 9.78 Å². The molecule has 0 fully saturated rings. The van der Waals surface area contributed by atoms with Crippen LogP contribution in [0.1, 0.15) is 10.4 Å². The van der Waals surface area contributed by atoms with Gasteiger partial charge in [0.1, 0.15) is 5.75 Å². The fraction of sp³-hybridized carbons (Fsp3) is 0.0556. The zero-order valence-corrected chi connectivity index (χ0v) is 12.6. The first-order chi connectivity index (χ1) is 11.2. The Bertz CT molecular complexity index is 774. The molecule has 0 aliphatic heterocycles. The van der Waals surface area contributed by atoms with Crippen LogP contribution >= 0.6 is 0 Å². The van der Waals surface area contributed by atoms with E-state index in [2.05, 4.69) is 9.97 Å². The Kier molecular flexibility index (Phi) is 4.29. The molecule has 5 heteroatoms. The molecule has 0 aliphatic carbocycles. The Morgan fingerprint density at radius 3 is 2.35 bits per heavy atom. The van der Waals surface area contributed by atoms with E-state index < -0.39 is 0 Å². The molecule has 0 atom stereocenters. The van der Waals surface area contributed by atoms with Crippen LogP contribution in [0.3, 0.4) is 0 Å². The highest BCUT2D eigenvalue weighted by atomic mass is 16.5. The molecule has 0 unspecified atom stereocenters. The van der Waals surface area contributed by atoms with Gasteiger partial charge in [0, 0.05) is 43.0 Å². The molecule has 3 aromatic rings. The van der Waals surface area contributed by atoms with Crippen molar-refractivity contribution in [3.63, 3.8) is 0 Å². The maximum Gasteiger partial charge on any atom is 0.258 e. The number of carbonyl (C=O) groups is 1. The van der Waals surface area contributed by atoms with Crippen LogP contribution in [0.2, 0.25) is 0 Å². The topological polar surface area (TPSA) is 55.3 Å². The second-order valence-electron chi connectivity index (χ2n) is 4.86. The second kappa shape index (κ2) is 6.70. The summed E-state index contributed by atoms with van der Waals surface area (Å²) in [5.41, 5.74) is 1.37. The molecule has 3 rings (SSSR count). The number of hydrogen-bond donors (Lipinski definition) is 0. The zero-order chi connectivity index (χ0) is 16.1. The van der Waals surface area contributed by atoms with Crippen molar-refractivity contribution < 1.29 is 9.53 Å². The number of aromatic nitrogens is 2. The van der Waals surface area contributed by atoms with Crippen molar-refractivity contribution in [3.05, 3.63) is 78.8 Å². The fourth-order valence-electron chi connectivity index (χ4n) is 2.07. The van der Waals surface area contributed by atoms with E-state index in [1.165, 1.54) is 0 Å². The van der Waals surface area contributed by atoms with Crippen molar-refractivity contribution >= 4 is 11.6 Å². The Labute approximate surface area is 134 Å². The van der Waals surface area contributed by atoms with Gasteiger partial charge in [-0.2, -0.15) is 0 Å². The summed E-state index contributed by atoms with van der Waals surface area (Å²) in [7, 11) is 1.73. The SMILES string of the molecule is CN(C(=O)c1ccncc1)c1ccc(Oc2ccccn2)cc1. The van der Waals surface area contributed by atoms with Crippen LogP contribution in [0, 0.1) is 0 Å². The largest absolute Gasteiger partial charge is 0.439 e. The number of carbonyl (C=O) groups excluding carboxylic acids is 1. The minimum atomic E-state index is -0.0919. The van der Waals surface area contributed by atoms with E-state index in [1.807, 2.05) is 24.3 Å². The Morgan fingerprint density at radius 2 is 1.70 bits per heavy atom. The van der Waals surface area contributed by atoms with E-state index >= 15 is 0 Å². The highest BCUT2D eigenvalue weighted by molar-refractivity contribution is 6.05. The second-order valence-corrected chi connectivity index (χ2v) is 4.86. The Morgan fingerprint density at radius 1 is 0.957 bits per heavy atom. The third kappa shape index (κ3) is 3.52. The van der Waals surface area contributed by atoms with Crippen molar-refractivity contribution in [2.75, 3.05) is 11.9 Å². The molecule has 2 aromatic heterocycles. The van der Waals surface area contributed by atoms with Gasteiger partial charge in [-0.1, -0.05) is 6.07 Å². The first kappa shape index (κ1) is 14.7. The third-order valence-corrected chi connectivity index (χ3v) is 3.32. The first-order valence-corrected chi connectivity index (χ1v) is 7.11. The summed E-state index contributed by atoms with van der Waals surface area (Å²) in [6, 6.07) is 16.1. The van der Waals surface area contributed by atoms with E-state index in [1.54, 1.807) is 60.9 Å². The lowest BCUT2D eigenvalue weighted by Gasteiger charge is -2.17. The van der Waals surface area contributed by atoms with Gasteiger partial charge in [-0.05, 0) is 42.5 Å². The summed E-state index contributed by atoms with van der Waals surface area (Å²) >= 11 is 0. The highest BCUT2D eigenvalue weighted by Gasteiger charge is 2.13. The number of amides is 1. The Balaban J connectivity index is 1.73. The summed E-state index contributed by atoms with van der Waals surface area (Å²) in [4.78, 5) is 22.0. The lowest BCUT2D eigenvalue weighted by atomic mass is 10.2. The predicted octanol–water partition coefficient (Wildman–Crippen LogP) is 3.55. The van der Waals surface area contributed by atoms with E-state index in [4.69, 9.17) is 4.74 Å². The molecule has 1 aromatic carbocycles. The monoisotopic (exact) mass is 305 g/mol. The number of anilines is 1. The molecule has 0 aliphatic rings. The van der Waals surface area contributed by atoms with E-state index in [0.717, 1.165) is 5.69 Å². The van der Waals surface area contributed by atoms with Gasteiger partial charge in [0.2, 0.25) is 5.88 Å².